The number of nitrogens with zero attached hydrogens (tertiary/aromatic N) is 1. The zero-order chi connectivity index (χ0) is 17.4. The molecule has 2 aromatic carbocycles. The van der Waals surface area contributed by atoms with Gasteiger partial charge in [-0.15, -0.1) is 12.4 Å². The van der Waals surface area contributed by atoms with Gasteiger partial charge in [-0.2, -0.15) is 13.2 Å². The summed E-state index contributed by atoms with van der Waals surface area (Å²) in [5.41, 5.74) is 2.01. The first-order valence-corrected chi connectivity index (χ1v) is 8.42. The van der Waals surface area contributed by atoms with Crippen LogP contribution in [0, 0.1) is 0 Å². The number of hydrogen-bond acceptors (Lipinski definition) is 2. The molecule has 1 fully saturated rings. The Kier molecular flexibility index (Phi) is 5.30. The van der Waals surface area contributed by atoms with Gasteiger partial charge < -0.3 is 4.74 Å². The first-order valence-electron chi connectivity index (χ1n) is 8.42. The van der Waals surface area contributed by atoms with Gasteiger partial charge in [-0.25, -0.2) is 0 Å². The molecule has 0 aliphatic carbocycles. The number of hydrogen-bond donors (Lipinski definition) is 0. The lowest BCUT2D eigenvalue weighted by atomic mass is 10.0. The molecule has 2 nitrogen and oxygen atoms in total. The molecule has 0 spiro atoms. The van der Waals surface area contributed by atoms with Crippen molar-refractivity contribution in [3.05, 3.63) is 59.2 Å². The maximum Gasteiger partial charge on any atom is 0.416 e. The molecular formula is C20H19ClF3NO. The predicted octanol–water partition coefficient (Wildman–Crippen LogP) is 5.87. The van der Waals surface area contributed by atoms with E-state index in [1.807, 2.05) is 30.3 Å². The fraction of sp³-hybridized carbons (Fsp3) is 0.300. The Morgan fingerprint density at radius 1 is 0.962 bits per heavy atom. The molecule has 0 unspecified atom stereocenters. The minimum Gasteiger partial charge on any atom is -0.456 e. The van der Waals surface area contributed by atoms with E-state index in [1.54, 1.807) is 0 Å². The van der Waals surface area contributed by atoms with Crippen LogP contribution in [0.4, 0.5) is 13.2 Å². The number of halogens is 4. The van der Waals surface area contributed by atoms with Crippen LogP contribution in [0.3, 0.4) is 0 Å². The van der Waals surface area contributed by atoms with E-state index >= 15 is 0 Å². The third-order valence-electron chi connectivity index (χ3n) is 4.72. The largest absolute Gasteiger partial charge is 0.456 e. The van der Waals surface area contributed by atoms with Crippen molar-refractivity contribution in [2.45, 2.75) is 19.0 Å². The van der Waals surface area contributed by atoms with Gasteiger partial charge in [0.25, 0.3) is 0 Å². The summed E-state index contributed by atoms with van der Waals surface area (Å²) in [4.78, 5) is 2.37. The van der Waals surface area contributed by atoms with Gasteiger partial charge in [0.1, 0.15) is 11.5 Å². The summed E-state index contributed by atoms with van der Waals surface area (Å²) in [6.45, 7) is 2.89. The zero-order valence-electron chi connectivity index (χ0n) is 14.1. The van der Waals surface area contributed by atoms with Crippen molar-refractivity contribution >= 4 is 24.1 Å². The first kappa shape index (κ1) is 18.8. The molecule has 0 amide bonds. The smallest absolute Gasteiger partial charge is 0.416 e. The van der Waals surface area contributed by atoms with E-state index in [9.17, 15) is 13.2 Å². The van der Waals surface area contributed by atoms with Crippen molar-refractivity contribution in [2.75, 3.05) is 19.6 Å². The minimum absolute atomic E-state index is 0. The molecule has 2 heterocycles. The van der Waals surface area contributed by atoms with E-state index in [2.05, 4.69) is 4.90 Å². The highest BCUT2D eigenvalue weighted by atomic mass is 35.5. The van der Waals surface area contributed by atoms with Gasteiger partial charge >= 0.3 is 6.18 Å². The van der Waals surface area contributed by atoms with Gasteiger partial charge in [0, 0.05) is 17.7 Å². The molecule has 138 valence electrons. The van der Waals surface area contributed by atoms with Crippen LogP contribution in [0.5, 0.6) is 11.5 Å². The number of ether oxygens (including phenoxy) is 1. The monoisotopic (exact) mass is 381 g/mol. The molecule has 1 saturated heterocycles. The van der Waals surface area contributed by atoms with E-state index in [0.717, 1.165) is 42.9 Å². The molecule has 26 heavy (non-hydrogen) atoms. The fourth-order valence-electron chi connectivity index (χ4n) is 3.44. The molecule has 0 radical (unpaired) electrons. The molecule has 2 aromatic rings. The van der Waals surface area contributed by atoms with E-state index in [0.29, 0.717) is 11.3 Å². The van der Waals surface area contributed by atoms with Crippen molar-refractivity contribution in [1.29, 1.82) is 0 Å². The summed E-state index contributed by atoms with van der Waals surface area (Å²) in [5.74, 6) is 0.852. The standard InChI is InChI=1S/C20H18F3NO.ClH/c21-20(22,23)16-8-7-14-11-15(13-24-9-3-4-10-24)17-5-1-2-6-18(17)25-19(14)12-16;/h1-2,5-8,11-12H,3-4,9-10,13H2;1H. The van der Waals surface area contributed by atoms with Gasteiger partial charge in [-0.3, -0.25) is 4.90 Å². The summed E-state index contributed by atoms with van der Waals surface area (Å²) >= 11 is 0. The Hall–Kier alpha value is -1.98. The predicted molar refractivity (Wildman–Crippen MR) is 98.8 cm³/mol. The third-order valence-corrected chi connectivity index (χ3v) is 4.72. The summed E-state index contributed by atoms with van der Waals surface area (Å²) in [6, 6.07) is 11.2. The van der Waals surface area contributed by atoms with Gasteiger partial charge in [0.05, 0.1) is 5.56 Å². The normalized spacial score (nSPS) is 16.7. The average molecular weight is 382 g/mol. The molecule has 2 aliphatic rings. The Labute approximate surface area is 156 Å². The summed E-state index contributed by atoms with van der Waals surface area (Å²) in [7, 11) is 0. The number of rotatable bonds is 2. The number of alkyl halides is 3. The Balaban J connectivity index is 0.00000196. The Bertz CT molecular complexity index is 826. The lowest BCUT2D eigenvalue weighted by Crippen LogP contribution is -2.21. The van der Waals surface area contributed by atoms with Crippen LogP contribution in [0.15, 0.2) is 42.5 Å². The minimum atomic E-state index is -4.38. The fourth-order valence-corrected chi connectivity index (χ4v) is 3.44. The Morgan fingerprint density at radius 2 is 1.69 bits per heavy atom. The molecule has 2 aliphatic heterocycles. The van der Waals surface area contributed by atoms with Gasteiger partial charge in [0.2, 0.25) is 0 Å². The quantitative estimate of drug-likeness (QED) is 0.645. The van der Waals surface area contributed by atoms with Crippen molar-refractivity contribution in [3.63, 3.8) is 0 Å². The number of para-hydroxylation sites is 1. The SMILES string of the molecule is Cl.FC(F)(F)c1ccc2c(c1)Oc1ccccc1C(CN1CCCC1)=C2. The lowest BCUT2D eigenvalue weighted by Gasteiger charge is -2.18. The zero-order valence-corrected chi connectivity index (χ0v) is 14.9. The molecule has 0 atom stereocenters. The van der Waals surface area contributed by atoms with Crippen LogP contribution in [-0.2, 0) is 6.18 Å². The number of benzene rings is 2. The average Bonchev–Trinajstić information content (AvgIpc) is 3.02. The molecule has 4 rings (SSSR count). The molecular weight excluding hydrogens is 363 g/mol. The van der Waals surface area contributed by atoms with E-state index in [1.165, 1.54) is 18.9 Å². The van der Waals surface area contributed by atoms with Crippen molar-refractivity contribution in [2.24, 2.45) is 0 Å². The van der Waals surface area contributed by atoms with Crippen molar-refractivity contribution < 1.29 is 17.9 Å². The van der Waals surface area contributed by atoms with Gasteiger partial charge in [-0.1, -0.05) is 24.3 Å². The number of likely N-dealkylation sites (tertiary alicyclic amines) is 1. The van der Waals surface area contributed by atoms with Gasteiger partial charge in [-0.05, 0) is 55.8 Å². The van der Waals surface area contributed by atoms with E-state index < -0.39 is 11.7 Å². The highest BCUT2D eigenvalue weighted by molar-refractivity contribution is 5.88. The second-order valence-corrected chi connectivity index (χ2v) is 6.50. The van der Waals surface area contributed by atoms with Crippen molar-refractivity contribution in [1.82, 2.24) is 4.90 Å². The Morgan fingerprint density at radius 3 is 2.42 bits per heavy atom. The van der Waals surface area contributed by atoms with E-state index in [4.69, 9.17) is 4.74 Å². The number of fused-ring (bicyclic) bond motifs is 2. The van der Waals surface area contributed by atoms with Crippen LogP contribution < -0.4 is 4.74 Å². The van der Waals surface area contributed by atoms with Crippen LogP contribution in [0.1, 0.15) is 29.5 Å². The first-order chi connectivity index (χ1) is 12.0. The van der Waals surface area contributed by atoms with Crippen LogP contribution in [0.2, 0.25) is 0 Å². The van der Waals surface area contributed by atoms with Crippen LogP contribution >= 0.6 is 12.4 Å². The molecule has 0 bridgehead atoms. The highest BCUT2D eigenvalue weighted by Gasteiger charge is 2.32. The topological polar surface area (TPSA) is 12.5 Å². The maximum atomic E-state index is 13.0. The van der Waals surface area contributed by atoms with E-state index in [-0.39, 0.29) is 18.2 Å². The maximum absolute atomic E-state index is 13.0. The molecule has 0 aromatic heterocycles. The third kappa shape index (κ3) is 3.74. The summed E-state index contributed by atoms with van der Waals surface area (Å²) in [6.07, 6.45) is -0.0418. The van der Waals surface area contributed by atoms with Crippen LogP contribution in [0.25, 0.3) is 11.6 Å². The molecule has 0 N–H and O–H groups in total. The molecule has 6 heteroatoms. The second-order valence-electron chi connectivity index (χ2n) is 6.50. The van der Waals surface area contributed by atoms with Gasteiger partial charge in [0.15, 0.2) is 0 Å². The summed E-state index contributed by atoms with van der Waals surface area (Å²) < 4.78 is 44.9. The van der Waals surface area contributed by atoms with Crippen molar-refractivity contribution in [3.8, 4) is 11.5 Å². The van der Waals surface area contributed by atoms with Crippen LogP contribution in [-0.4, -0.2) is 24.5 Å². The lowest BCUT2D eigenvalue weighted by molar-refractivity contribution is -0.137. The summed E-state index contributed by atoms with van der Waals surface area (Å²) in [5, 5.41) is 0. The highest BCUT2D eigenvalue weighted by Crippen LogP contribution is 2.41. The molecule has 0 saturated carbocycles. The second kappa shape index (κ2) is 7.33.